The lowest BCUT2D eigenvalue weighted by Crippen LogP contribution is -2.36. The lowest BCUT2D eigenvalue weighted by Gasteiger charge is -2.44. The number of fused-ring (bicyclic) bond motifs is 1. The van der Waals surface area contributed by atoms with Crippen LogP contribution in [0.3, 0.4) is 0 Å². The summed E-state index contributed by atoms with van der Waals surface area (Å²) in [6, 6.07) is 0. The maximum atomic E-state index is 11.2. The van der Waals surface area contributed by atoms with Gasteiger partial charge in [0.2, 0.25) is 0 Å². The first kappa shape index (κ1) is 20.3. The first-order valence-corrected chi connectivity index (χ1v) is 10.4. The number of rotatable bonds is 4. The third-order valence-electron chi connectivity index (χ3n) is 7.49. The molecule has 27 heavy (non-hydrogen) atoms. The predicted octanol–water partition coefficient (Wildman–Crippen LogP) is 4.24. The van der Waals surface area contributed by atoms with Crippen LogP contribution in [0, 0.1) is 23.2 Å². The summed E-state index contributed by atoms with van der Waals surface area (Å²) < 4.78 is 0. The van der Waals surface area contributed by atoms with Crippen molar-refractivity contribution in [2.75, 3.05) is 0 Å². The van der Waals surface area contributed by atoms with E-state index in [9.17, 15) is 20.1 Å². The maximum Gasteiger partial charge on any atom is 0.303 e. The third-order valence-corrected chi connectivity index (χ3v) is 7.49. The van der Waals surface area contributed by atoms with Gasteiger partial charge in [0.25, 0.3) is 0 Å². The van der Waals surface area contributed by atoms with Gasteiger partial charge < -0.3 is 15.3 Å². The zero-order chi connectivity index (χ0) is 19.8. The number of aliphatic hydroxyl groups excluding tert-OH is 2. The van der Waals surface area contributed by atoms with Gasteiger partial charge >= 0.3 is 5.97 Å². The van der Waals surface area contributed by atoms with Gasteiger partial charge in [-0.15, -0.1) is 0 Å². The molecule has 4 heteroatoms. The Morgan fingerprint density at radius 1 is 1.33 bits per heavy atom. The van der Waals surface area contributed by atoms with E-state index < -0.39 is 18.2 Å². The molecule has 0 aromatic rings. The van der Waals surface area contributed by atoms with Crippen molar-refractivity contribution in [1.29, 1.82) is 0 Å². The van der Waals surface area contributed by atoms with Gasteiger partial charge in [-0.25, -0.2) is 0 Å². The molecule has 0 aromatic heterocycles. The second kappa shape index (κ2) is 7.92. The monoisotopic (exact) mass is 374 g/mol. The molecule has 4 nitrogen and oxygen atoms in total. The molecule has 0 aromatic carbocycles. The second-order valence-corrected chi connectivity index (χ2v) is 9.24. The van der Waals surface area contributed by atoms with Crippen LogP contribution >= 0.6 is 0 Å². The number of carboxylic acids is 1. The summed E-state index contributed by atoms with van der Waals surface area (Å²) in [4.78, 5) is 11.2. The number of carbonyl (C=O) groups is 1. The second-order valence-electron chi connectivity index (χ2n) is 9.24. The topological polar surface area (TPSA) is 77.8 Å². The molecular weight excluding hydrogens is 340 g/mol. The minimum atomic E-state index is -0.696. The molecule has 0 bridgehead atoms. The van der Waals surface area contributed by atoms with Crippen LogP contribution in [0.5, 0.6) is 0 Å². The molecule has 150 valence electrons. The van der Waals surface area contributed by atoms with E-state index in [1.165, 1.54) is 12.0 Å². The number of carboxylic acid groups (broad SMARTS) is 1. The van der Waals surface area contributed by atoms with Crippen molar-refractivity contribution in [1.82, 2.24) is 0 Å². The van der Waals surface area contributed by atoms with Crippen LogP contribution < -0.4 is 0 Å². The first-order chi connectivity index (χ1) is 12.7. The highest BCUT2D eigenvalue weighted by molar-refractivity contribution is 5.67. The summed E-state index contributed by atoms with van der Waals surface area (Å²) in [5, 5.41) is 29.2. The smallest absolute Gasteiger partial charge is 0.303 e. The number of allylic oxidation sites excluding steroid dienone is 3. The highest BCUT2D eigenvalue weighted by Gasteiger charge is 2.50. The molecule has 0 spiro atoms. The number of hydrogen-bond acceptors (Lipinski definition) is 3. The van der Waals surface area contributed by atoms with Crippen molar-refractivity contribution >= 4 is 5.97 Å². The number of aliphatic hydroxyl groups is 2. The van der Waals surface area contributed by atoms with Crippen LogP contribution in [0.2, 0.25) is 0 Å². The Balaban J connectivity index is 1.80. The average Bonchev–Trinajstić information content (AvgIpc) is 2.93. The number of aliphatic carboxylic acids is 1. The van der Waals surface area contributed by atoms with Gasteiger partial charge in [-0.05, 0) is 72.8 Å². The van der Waals surface area contributed by atoms with Gasteiger partial charge in [0, 0.05) is 12.8 Å². The minimum absolute atomic E-state index is 0.181. The Hall–Kier alpha value is -1.39. The van der Waals surface area contributed by atoms with Crippen LogP contribution in [0.25, 0.3) is 0 Å². The van der Waals surface area contributed by atoms with E-state index in [2.05, 4.69) is 32.6 Å². The van der Waals surface area contributed by atoms with Gasteiger partial charge in [-0.3, -0.25) is 4.79 Å². The Kier molecular flexibility index (Phi) is 5.97. The predicted molar refractivity (Wildman–Crippen MR) is 106 cm³/mol. The Bertz CT molecular complexity index is 661. The van der Waals surface area contributed by atoms with Gasteiger partial charge in [-0.2, -0.15) is 0 Å². The van der Waals surface area contributed by atoms with Crippen molar-refractivity contribution in [3.05, 3.63) is 35.5 Å². The van der Waals surface area contributed by atoms with E-state index in [0.29, 0.717) is 24.7 Å². The van der Waals surface area contributed by atoms with E-state index in [0.717, 1.165) is 36.8 Å². The fraction of sp³-hybridized carbons (Fsp3) is 0.696. The third kappa shape index (κ3) is 4.07. The van der Waals surface area contributed by atoms with Crippen molar-refractivity contribution in [2.45, 2.75) is 77.4 Å². The van der Waals surface area contributed by atoms with Gasteiger partial charge in [0.05, 0.1) is 12.2 Å². The SMILES string of the molecule is C=C1/C(=C\C=C2/CCC[C@]3(C)[C@@H]([C@H](C)CC(=O)O)CC[C@@H]23)C[C@H](O)C[C@H]1O. The molecule has 3 aliphatic carbocycles. The Labute approximate surface area is 162 Å². The van der Waals surface area contributed by atoms with Crippen LogP contribution in [-0.2, 0) is 4.79 Å². The molecular formula is C23H34O4. The fourth-order valence-electron chi connectivity index (χ4n) is 6.10. The Morgan fingerprint density at radius 2 is 2.07 bits per heavy atom. The summed E-state index contributed by atoms with van der Waals surface area (Å²) in [6.07, 6.45) is 9.93. The summed E-state index contributed by atoms with van der Waals surface area (Å²) in [5.74, 6) is 0.483. The first-order valence-electron chi connectivity index (χ1n) is 10.4. The van der Waals surface area contributed by atoms with Gasteiger partial charge in [0.15, 0.2) is 0 Å². The minimum Gasteiger partial charge on any atom is -0.481 e. The molecule has 3 rings (SSSR count). The van der Waals surface area contributed by atoms with E-state index in [1.54, 1.807) is 0 Å². The largest absolute Gasteiger partial charge is 0.481 e. The molecule has 3 N–H and O–H groups in total. The summed E-state index contributed by atoms with van der Waals surface area (Å²) >= 11 is 0. The normalized spacial score (nSPS) is 41.0. The molecule has 3 saturated carbocycles. The highest BCUT2D eigenvalue weighted by Crippen LogP contribution is 2.59. The van der Waals surface area contributed by atoms with Gasteiger partial charge in [-0.1, -0.05) is 38.2 Å². The fourth-order valence-corrected chi connectivity index (χ4v) is 6.10. The van der Waals surface area contributed by atoms with Crippen LogP contribution in [0.1, 0.15) is 65.2 Å². The molecule has 0 amide bonds. The van der Waals surface area contributed by atoms with Crippen LogP contribution in [-0.4, -0.2) is 33.5 Å². The summed E-state index contributed by atoms with van der Waals surface area (Å²) in [5.41, 5.74) is 3.31. The lowest BCUT2D eigenvalue weighted by atomic mass is 9.61. The van der Waals surface area contributed by atoms with Crippen molar-refractivity contribution < 1.29 is 20.1 Å². The van der Waals surface area contributed by atoms with Crippen molar-refractivity contribution in [2.24, 2.45) is 23.2 Å². The molecule has 0 saturated heterocycles. The highest BCUT2D eigenvalue weighted by atomic mass is 16.4. The van der Waals surface area contributed by atoms with Crippen LogP contribution in [0.4, 0.5) is 0 Å². The zero-order valence-electron chi connectivity index (χ0n) is 16.7. The zero-order valence-corrected chi connectivity index (χ0v) is 16.7. The van der Waals surface area contributed by atoms with Crippen molar-refractivity contribution in [3.63, 3.8) is 0 Å². The standard InChI is InChI=1S/C23H34O4/c1-14(11-22(26)27)19-8-9-20-16(5-4-10-23(19,20)3)6-7-17-12-18(24)13-21(25)15(17)2/h6-7,14,18-21,24-25H,2,4-5,8-13H2,1,3H3,(H,26,27)/b16-6+,17-7-/t14-,18+,19-,20+,21-,23-/m1/s1. The molecule has 3 fully saturated rings. The summed E-state index contributed by atoms with van der Waals surface area (Å²) in [7, 11) is 0. The van der Waals surface area contributed by atoms with E-state index >= 15 is 0 Å². The maximum absolute atomic E-state index is 11.2. The molecule has 0 heterocycles. The van der Waals surface area contributed by atoms with E-state index in [4.69, 9.17) is 0 Å². The van der Waals surface area contributed by atoms with E-state index in [-0.39, 0.29) is 17.8 Å². The molecule has 3 aliphatic rings. The van der Waals surface area contributed by atoms with E-state index in [1.807, 2.05) is 0 Å². The lowest BCUT2D eigenvalue weighted by molar-refractivity contribution is -0.138. The van der Waals surface area contributed by atoms with Crippen LogP contribution in [0.15, 0.2) is 35.5 Å². The molecule has 0 aliphatic heterocycles. The van der Waals surface area contributed by atoms with Gasteiger partial charge in [0.1, 0.15) is 0 Å². The molecule has 6 atom stereocenters. The van der Waals surface area contributed by atoms with Crippen molar-refractivity contribution in [3.8, 4) is 0 Å². The Morgan fingerprint density at radius 3 is 2.78 bits per heavy atom. The quantitative estimate of drug-likeness (QED) is 0.688. The molecule has 0 radical (unpaired) electrons. The summed E-state index contributed by atoms with van der Waals surface area (Å²) in [6.45, 7) is 8.46. The molecule has 0 unspecified atom stereocenters. The number of hydrogen-bond donors (Lipinski definition) is 3. The average molecular weight is 375 g/mol.